The quantitative estimate of drug-likeness (QED) is 0.547. The summed E-state index contributed by atoms with van der Waals surface area (Å²) in [5.41, 5.74) is 0. The minimum Gasteiger partial charge on any atom is -0.394 e. The molecule has 0 unspecified atom stereocenters. The Bertz CT molecular complexity index is 211. The van der Waals surface area contributed by atoms with Gasteiger partial charge in [-0.05, 0) is 0 Å². The van der Waals surface area contributed by atoms with Crippen molar-refractivity contribution in [2.75, 3.05) is 39.6 Å². The molecule has 6 nitrogen and oxygen atoms in total. The summed E-state index contributed by atoms with van der Waals surface area (Å²) in [5.74, 6) is 0. The Morgan fingerprint density at radius 3 is 2.69 bits per heavy atom. The third-order valence-corrected chi connectivity index (χ3v) is 2.78. The number of fused-ring (bicyclic) bond motifs is 1. The van der Waals surface area contributed by atoms with E-state index >= 15 is 0 Å². The maximum Gasteiger partial charge on any atom is 0.115 e. The molecule has 2 heterocycles. The van der Waals surface area contributed by atoms with Crippen LogP contribution in [0.1, 0.15) is 0 Å². The van der Waals surface area contributed by atoms with Gasteiger partial charge in [0.05, 0.1) is 39.6 Å². The molecule has 0 saturated carbocycles. The number of rotatable bonds is 6. The van der Waals surface area contributed by atoms with E-state index in [0.717, 1.165) is 0 Å². The van der Waals surface area contributed by atoms with Gasteiger partial charge in [-0.25, -0.2) is 0 Å². The Morgan fingerprint density at radius 1 is 1.06 bits per heavy atom. The first-order valence-corrected chi connectivity index (χ1v) is 5.54. The predicted molar refractivity (Wildman–Crippen MR) is 53.1 cm³/mol. The van der Waals surface area contributed by atoms with Gasteiger partial charge < -0.3 is 29.2 Å². The van der Waals surface area contributed by atoms with E-state index in [-0.39, 0.29) is 24.9 Å². The highest BCUT2D eigenvalue weighted by Gasteiger charge is 2.47. The summed E-state index contributed by atoms with van der Waals surface area (Å²) in [4.78, 5) is 0. The second-order valence-electron chi connectivity index (χ2n) is 3.91. The Labute approximate surface area is 94.1 Å². The van der Waals surface area contributed by atoms with E-state index in [4.69, 9.17) is 24.1 Å². The van der Waals surface area contributed by atoms with Crippen molar-refractivity contribution in [2.24, 2.45) is 0 Å². The van der Waals surface area contributed by atoms with E-state index in [1.165, 1.54) is 0 Å². The molecule has 16 heavy (non-hydrogen) atoms. The summed E-state index contributed by atoms with van der Waals surface area (Å²) in [5, 5.41) is 18.0. The lowest BCUT2D eigenvalue weighted by molar-refractivity contribution is -0.0552. The van der Waals surface area contributed by atoms with E-state index < -0.39 is 6.10 Å². The van der Waals surface area contributed by atoms with Crippen LogP contribution in [0, 0.1) is 0 Å². The molecule has 0 bridgehead atoms. The Morgan fingerprint density at radius 2 is 1.88 bits per heavy atom. The summed E-state index contributed by atoms with van der Waals surface area (Å²) < 4.78 is 21.4. The molecule has 0 amide bonds. The first kappa shape index (κ1) is 12.2. The van der Waals surface area contributed by atoms with Gasteiger partial charge in [0, 0.05) is 0 Å². The number of aliphatic hydroxyl groups is 2. The van der Waals surface area contributed by atoms with Crippen LogP contribution in [0.25, 0.3) is 0 Å². The van der Waals surface area contributed by atoms with Crippen LogP contribution in [-0.2, 0) is 18.9 Å². The Hall–Kier alpha value is -0.240. The predicted octanol–water partition coefficient (Wildman–Crippen LogP) is -1.46. The van der Waals surface area contributed by atoms with Crippen molar-refractivity contribution in [3.05, 3.63) is 0 Å². The molecular weight excluding hydrogens is 216 g/mol. The molecule has 0 radical (unpaired) electrons. The first-order chi connectivity index (χ1) is 7.83. The normalized spacial score (nSPS) is 37.9. The average Bonchev–Trinajstić information content (AvgIpc) is 2.83. The maximum atomic E-state index is 9.50. The minimum absolute atomic E-state index is 0.0204. The minimum atomic E-state index is -0.538. The van der Waals surface area contributed by atoms with Gasteiger partial charge >= 0.3 is 0 Å². The van der Waals surface area contributed by atoms with Crippen LogP contribution in [0.15, 0.2) is 0 Å². The molecule has 4 atom stereocenters. The van der Waals surface area contributed by atoms with Gasteiger partial charge in [0.1, 0.15) is 24.4 Å². The molecule has 0 aromatic heterocycles. The fourth-order valence-electron chi connectivity index (χ4n) is 2.01. The smallest absolute Gasteiger partial charge is 0.115 e. The SMILES string of the molecule is OCCOCCO[C@H]1CO[C@H]2[C@@H]1OC[C@H]2O. The Balaban J connectivity index is 1.64. The van der Waals surface area contributed by atoms with Gasteiger partial charge in [-0.3, -0.25) is 0 Å². The van der Waals surface area contributed by atoms with Crippen LogP contribution in [0.2, 0.25) is 0 Å². The van der Waals surface area contributed by atoms with Crippen LogP contribution in [0.4, 0.5) is 0 Å². The first-order valence-electron chi connectivity index (χ1n) is 5.54. The molecule has 2 rings (SSSR count). The lowest BCUT2D eigenvalue weighted by Gasteiger charge is -2.16. The molecule has 2 aliphatic heterocycles. The molecule has 2 aliphatic rings. The van der Waals surface area contributed by atoms with Crippen LogP contribution >= 0.6 is 0 Å². The van der Waals surface area contributed by atoms with E-state index in [0.29, 0.717) is 33.0 Å². The van der Waals surface area contributed by atoms with E-state index in [1.807, 2.05) is 0 Å². The molecule has 2 fully saturated rings. The summed E-state index contributed by atoms with van der Waals surface area (Å²) >= 11 is 0. The third kappa shape index (κ3) is 2.71. The molecule has 0 aromatic rings. The molecule has 0 spiro atoms. The summed E-state index contributed by atoms with van der Waals surface area (Å²) in [6.07, 6.45) is -1.07. The second-order valence-corrected chi connectivity index (χ2v) is 3.91. The van der Waals surface area contributed by atoms with Gasteiger partial charge in [-0.15, -0.1) is 0 Å². The van der Waals surface area contributed by atoms with Crippen LogP contribution < -0.4 is 0 Å². The van der Waals surface area contributed by atoms with Crippen LogP contribution in [0.3, 0.4) is 0 Å². The highest BCUT2D eigenvalue weighted by Crippen LogP contribution is 2.28. The zero-order chi connectivity index (χ0) is 11.4. The molecule has 0 aliphatic carbocycles. The van der Waals surface area contributed by atoms with Crippen molar-refractivity contribution in [3.63, 3.8) is 0 Å². The molecule has 2 N–H and O–H groups in total. The standard InChI is InChI=1S/C10H18O6/c11-1-2-13-3-4-14-8-6-16-9-7(12)5-15-10(8)9/h7-12H,1-6H2/t7-,8+,9-,10-/m1/s1. The summed E-state index contributed by atoms with van der Waals surface area (Å²) in [6, 6.07) is 0. The van der Waals surface area contributed by atoms with Gasteiger partial charge in [0.2, 0.25) is 0 Å². The second kappa shape index (κ2) is 5.90. The van der Waals surface area contributed by atoms with Gasteiger partial charge in [0.25, 0.3) is 0 Å². The zero-order valence-corrected chi connectivity index (χ0v) is 9.08. The highest BCUT2D eigenvalue weighted by atomic mass is 16.6. The zero-order valence-electron chi connectivity index (χ0n) is 9.08. The van der Waals surface area contributed by atoms with Gasteiger partial charge in [-0.1, -0.05) is 0 Å². The number of aliphatic hydroxyl groups excluding tert-OH is 2. The van der Waals surface area contributed by atoms with E-state index in [1.54, 1.807) is 0 Å². The van der Waals surface area contributed by atoms with E-state index in [2.05, 4.69) is 0 Å². The number of ether oxygens (including phenoxy) is 4. The maximum absolute atomic E-state index is 9.50. The van der Waals surface area contributed by atoms with Crippen molar-refractivity contribution in [2.45, 2.75) is 24.4 Å². The van der Waals surface area contributed by atoms with Crippen molar-refractivity contribution in [1.29, 1.82) is 0 Å². The van der Waals surface area contributed by atoms with Crippen molar-refractivity contribution >= 4 is 0 Å². The number of hydrogen-bond donors (Lipinski definition) is 2. The molecule has 0 aromatic carbocycles. The van der Waals surface area contributed by atoms with Crippen molar-refractivity contribution in [1.82, 2.24) is 0 Å². The average molecular weight is 234 g/mol. The monoisotopic (exact) mass is 234 g/mol. The fraction of sp³-hybridized carbons (Fsp3) is 1.00. The van der Waals surface area contributed by atoms with E-state index in [9.17, 15) is 5.11 Å². The molecular formula is C10H18O6. The van der Waals surface area contributed by atoms with Gasteiger partial charge in [0.15, 0.2) is 0 Å². The lowest BCUT2D eigenvalue weighted by Crippen LogP contribution is -2.33. The van der Waals surface area contributed by atoms with Crippen LogP contribution in [0.5, 0.6) is 0 Å². The number of hydrogen-bond acceptors (Lipinski definition) is 6. The summed E-state index contributed by atoms with van der Waals surface area (Å²) in [6.45, 7) is 1.99. The van der Waals surface area contributed by atoms with Crippen LogP contribution in [-0.4, -0.2) is 74.3 Å². The molecule has 6 heteroatoms. The largest absolute Gasteiger partial charge is 0.394 e. The van der Waals surface area contributed by atoms with Crippen molar-refractivity contribution < 1.29 is 29.2 Å². The highest BCUT2D eigenvalue weighted by molar-refractivity contribution is 4.94. The Kier molecular flexibility index (Phi) is 4.51. The molecule has 2 saturated heterocycles. The fourth-order valence-corrected chi connectivity index (χ4v) is 2.01. The summed E-state index contributed by atoms with van der Waals surface area (Å²) in [7, 11) is 0. The molecule has 94 valence electrons. The van der Waals surface area contributed by atoms with Crippen molar-refractivity contribution in [3.8, 4) is 0 Å². The topological polar surface area (TPSA) is 77.4 Å². The van der Waals surface area contributed by atoms with Gasteiger partial charge in [-0.2, -0.15) is 0 Å². The third-order valence-electron chi connectivity index (χ3n) is 2.78. The lowest BCUT2D eigenvalue weighted by atomic mass is 10.1.